The fraction of sp³-hybridized carbons (Fsp3) is 0.0714. The summed E-state index contributed by atoms with van der Waals surface area (Å²) in [4.78, 5) is 12.8. The number of aryl methyl sites for hydroxylation is 1. The maximum absolute atomic E-state index is 11.7. The van der Waals surface area contributed by atoms with E-state index in [2.05, 4.69) is 5.32 Å². The third-order valence-electron chi connectivity index (χ3n) is 2.40. The Morgan fingerprint density at radius 1 is 1.28 bits per heavy atom. The summed E-state index contributed by atoms with van der Waals surface area (Å²) in [7, 11) is 0. The summed E-state index contributed by atoms with van der Waals surface area (Å²) in [5, 5.41) is 5.43. The van der Waals surface area contributed by atoms with Crippen molar-refractivity contribution in [3.8, 4) is 0 Å². The Morgan fingerprint density at radius 3 is 2.61 bits per heavy atom. The first kappa shape index (κ1) is 12.9. The maximum atomic E-state index is 11.7. The molecule has 0 bridgehead atoms. The molecule has 1 amide bonds. The van der Waals surface area contributed by atoms with Gasteiger partial charge in [0.05, 0.1) is 0 Å². The summed E-state index contributed by atoms with van der Waals surface area (Å²) < 4.78 is 0. The van der Waals surface area contributed by atoms with Crippen LogP contribution in [-0.4, -0.2) is 5.91 Å². The quantitative estimate of drug-likeness (QED) is 0.830. The first-order valence-electron chi connectivity index (χ1n) is 5.44. The number of nitrogens with one attached hydrogen (secondary N) is 1. The molecule has 4 heteroatoms. The van der Waals surface area contributed by atoms with Gasteiger partial charge in [0.15, 0.2) is 0 Å². The predicted molar refractivity (Wildman–Crippen MR) is 78.2 cm³/mol. The minimum absolute atomic E-state index is 0.148. The molecule has 1 aromatic heterocycles. The van der Waals surface area contributed by atoms with Gasteiger partial charge in [0.25, 0.3) is 0 Å². The lowest BCUT2D eigenvalue weighted by Gasteiger charge is -2.01. The highest BCUT2D eigenvalue weighted by Gasteiger charge is 1.99. The lowest BCUT2D eigenvalue weighted by atomic mass is 10.2. The number of hydrogen-bond donors (Lipinski definition) is 1. The Bertz CT molecular complexity index is 572. The zero-order valence-corrected chi connectivity index (χ0v) is 11.4. The van der Waals surface area contributed by atoms with Crippen LogP contribution in [0.15, 0.2) is 41.8 Å². The number of rotatable bonds is 3. The minimum atomic E-state index is -0.148. The van der Waals surface area contributed by atoms with Crippen LogP contribution in [0, 0.1) is 6.92 Å². The maximum Gasteiger partial charge on any atom is 0.248 e. The van der Waals surface area contributed by atoms with Crippen LogP contribution < -0.4 is 5.32 Å². The van der Waals surface area contributed by atoms with E-state index in [-0.39, 0.29) is 5.91 Å². The van der Waals surface area contributed by atoms with Crippen LogP contribution in [0.25, 0.3) is 6.08 Å². The number of carbonyl (C=O) groups is 1. The third kappa shape index (κ3) is 3.45. The largest absolute Gasteiger partial charge is 0.323 e. The lowest BCUT2D eigenvalue weighted by molar-refractivity contribution is -0.111. The minimum Gasteiger partial charge on any atom is -0.323 e. The zero-order chi connectivity index (χ0) is 13.0. The number of amides is 1. The van der Waals surface area contributed by atoms with E-state index in [0.717, 1.165) is 10.6 Å². The predicted octanol–water partition coefficient (Wildman–Crippen LogP) is 4.36. The van der Waals surface area contributed by atoms with Crippen molar-refractivity contribution in [1.82, 2.24) is 0 Å². The van der Waals surface area contributed by atoms with Crippen molar-refractivity contribution in [2.75, 3.05) is 5.32 Å². The molecule has 0 unspecified atom stereocenters. The average molecular weight is 278 g/mol. The Balaban J connectivity index is 1.99. The van der Waals surface area contributed by atoms with Gasteiger partial charge >= 0.3 is 0 Å². The second-order valence-electron chi connectivity index (χ2n) is 3.80. The molecule has 0 saturated carbocycles. The molecule has 0 spiro atoms. The summed E-state index contributed by atoms with van der Waals surface area (Å²) in [6, 6.07) is 9.05. The fourth-order valence-corrected chi connectivity index (χ4v) is 2.37. The summed E-state index contributed by atoms with van der Waals surface area (Å²) >= 11 is 7.38. The van der Waals surface area contributed by atoms with Crippen molar-refractivity contribution in [2.24, 2.45) is 0 Å². The van der Waals surface area contributed by atoms with Gasteiger partial charge in [0.1, 0.15) is 0 Å². The van der Waals surface area contributed by atoms with Crippen molar-refractivity contribution >= 4 is 40.6 Å². The smallest absolute Gasteiger partial charge is 0.248 e. The molecule has 92 valence electrons. The monoisotopic (exact) mass is 277 g/mol. The molecule has 1 aromatic carbocycles. The molecule has 1 heterocycles. The molecule has 2 nitrogen and oxygen atoms in total. The molecule has 2 rings (SSSR count). The Kier molecular flexibility index (Phi) is 4.18. The van der Waals surface area contributed by atoms with Crippen LogP contribution in [0.5, 0.6) is 0 Å². The number of hydrogen-bond acceptors (Lipinski definition) is 2. The Labute approximate surface area is 115 Å². The third-order valence-corrected chi connectivity index (χ3v) is 3.64. The van der Waals surface area contributed by atoms with Crippen molar-refractivity contribution in [1.29, 1.82) is 0 Å². The van der Waals surface area contributed by atoms with E-state index in [4.69, 9.17) is 11.6 Å². The topological polar surface area (TPSA) is 29.1 Å². The molecule has 2 aromatic rings. The van der Waals surface area contributed by atoms with E-state index in [1.807, 2.05) is 24.4 Å². The van der Waals surface area contributed by atoms with Crippen LogP contribution >= 0.6 is 22.9 Å². The first-order chi connectivity index (χ1) is 8.65. The summed E-state index contributed by atoms with van der Waals surface area (Å²) in [5.74, 6) is -0.148. The lowest BCUT2D eigenvalue weighted by Crippen LogP contribution is -2.07. The standard InChI is InChI=1S/C14H12ClNOS/c1-10-8-9-18-13(10)6-7-14(17)16-12-4-2-11(15)3-5-12/h2-9H,1H3,(H,16,17). The second-order valence-corrected chi connectivity index (χ2v) is 5.18. The number of benzene rings is 1. The van der Waals surface area contributed by atoms with Crippen molar-refractivity contribution in [3.63, 3.8) is 0 Å². The molecule has 0 atom stereocenters. The van der Waals surface area contributed by atoms with Gasteiger partial charge in [-0.25, -0.2) is 0 Å². The van der Waals surface area contributed by atoms with Gasteiger partial charge in [-0.05, 0) is 54.3 Å². The van der Waals surface area contributed by atoms with E-state index in [9.17, 15) is 4.79 Å². The molecule has 0 radical (unpaired) electrons. The molecular weight excluding hydrogens is 266 g/mol. The van der Waals surface area contributed by atoms with E-state index >= 15 is 0 Å². The number of halogens is 1. The highest BCUT2D eigenvalue weighted by molar-refractivity contribution is 7.11. The van der Waals surface area contributed by atoms with Gasteiger partial charge in [-0.1, -0.05) is 11.6 Å². The summed E-state index contributed by atoms with van der Waals surface area (Å²) in [5.41, 5.74) is 1.91. The SMILES string of the molecule is Cc1ccsc1C=CC(=O)Nc1ccc(Cl)cc1. The molecule has 18 heavy (non-hydrogen) atoms. The van der Waals surface area contributed by atoms with Crippen LogP contribution in [-0.2, 0) is 4.79 Å². The molecule has 0 saturated heterocycles. The average Bonchev–Trinajstić information content (AvgIpc) is 2.75. The molecular formula is C14H12ClNOS. The van der Waals surface area contributed by atoms with E-state index < -0.39 is 0 Å². The molecule has 0 aliphatic carbocycles. The number of anilines is 1. The van der Waals surface area contributed by atoms with Crippen LogP contribution in [0.4, 0.5) is 5.69 Å². The zero-order valence-electron chi connectivity index (χ0n) is 9.81. The molecule has 0 aliphatic rings. The van der Waals surface area contributed by atoms with E-state index in [1.54, 1.807) is 35.6 Å². The Hall–Kier alpha value is -1.58. The summed E-state index contributed by atoms with van der Waals surface area (Å²) in [6.45, 7) is 2.02. The van der Waals surface area contributed by atoms with Crippen molar-refractivity contribution in [3.05, 3.63) is 57.3 Å². The molecule has 1 N–H and O–H groups in total. The normalized spacial score (nSPS) is 10.8. The van der Waals surface area contributed by atoms with Crippen LogP contribution in [0.2, 0.25) is 5.02 Å². The van der Waals surface area contributed by atoms with Crippen molar-refractivity contribution < 1.29 is 4.79 Å². The van der Waals surface area contributed by atoms with Crippen LogP contribution in [0.3, 0.4) is 0 Å². The van der Waals surface area contributed by atoms with Gasteiger partial charge < -0.3 is 5.32 Å². The van der Waals surface area contributed by atoms with Gasteiger partial charge in [0, 0.05) is 21.7 Å². The first-order valence-corrected chi connectivity index (χ1v) is 6.69. The van der Waals surface area contributed by atoms with Crippen molar-refractivity contribution in [2.45, 2.75) is 6.92 Å². The number of carbonyl (C=O) groups excluding carboxylic acids is 1. The second kappa shape index (κ2) is 5.85. The molecule has 0 aliphatic heterocycles. The van der Waals surface area contributed by atoms with E-state index in [1.165, 1.54) is 11.6 Å². The molecule has 0 fully saturated rings. The summed E-state index contributed by atoms with van der Waals surface area (Å²) in [6.07, 6.45) is 3.36. The van der Waals surface area contributed by atoms with Gasteiger partial charge in [0.2, 0.25) is 5.91 Å². The van der Waals surface area contributed by atoms with Crippen LogP contribution in [0.1, 0.15) is 10.4 Å². The van der Waals surface area contributed by atoms with Gasteiger partial charge in [-0.3, -0.25) is 4.79 Å². The highest BCUT2D eigenvalue weighted by atomic mass is 35.5. The number of thiophene rings is 1. The van der Waals surface area contributed by atoms with Gasteiger partial charge in [-0.2, -0.15) is 0 Å². The van der Waals surface area contributed by atoms with E-state index in [0.29, 0.717) is 5.02 Å². The highest BCUT2D eigenvalue weighted by Crippen LogP contribution is 2.17. The fourth-order valence-electron chi connectivity index (χ4n) is 1.42. The Morgan fingerprint density at radius 2 is 2.00 bits per heavy atom. The van der Waals surface area contributed by atoms with Gasteiger partial charge in [-0.15, -0.1) is 11.3 Å².